The van der Waals surface area contributed by atoms with Gasteiger partial charge in [-0.05, 0) is 13.8 Å². The molecule has 0 aromatic carbocycles. The third kappa shape index (κ3) is 1.70. The minimum absolute atomic E-state index is 0.255. The highest BCUT2D eigenvalue weighted by Crippen LogP contribution is 2.09. The molecule has 0 aliphatic carbocycles. The quantitative estimate of drug-likeness (QED) is 0.549. The molecular formula is C6H13NO2S. The van der Waals surface area contributed by atoms with Crippen molar-refractivity contribution in [1.29, 1.82) is 0 Å². The van der Waals surface area contributed by atoms with E-state index < -0.39 is 9.84 Å². The third-order valence-corrected chi connectivity index (χ3v) is 3.31. The predicted octanol–water partition coefficient (Wildman–Crippen LogP) is 0.0827. The van der Waals surface area contributed by atoms with Crippen LogP contribution in [0.2, 0.25) is 0 Å². The Morgan fingerprint density at radius 3 is 2.20 bits per heavy atom. The van der Waals surface area contributed by atoms with Crippen LogP contribution in [0.5, 0.6) is 0 Å². The summed E-state index contributed by atoms with van der Waals surface area (Å²) in [5, 5.41) is 0. The molecule has 1 aliphatic rings. The molecule has 0 aromatic rings. The molecule has 0 spiro atoms. The standard InChI is InChI=1S/C6H13NO2S/c1-6(2)7-3-4-10(8,9)5-7/h6H,3-5H2,1-2H3. The molecule has 1 aliphatic heterocycles. The lowest BCUT2D eigenvalue weighted by Gasteiger charge is -2.16. The molecule has 60 valence electrons. The van der Waals surface area contributed by atoms with E-state index in [2.05, 4.69) is 0 Å². The van der Waals surface area contributed by atoms with Gasteiger partial charge in [0.1, 0.15) is 5.88 Å². The second kappa shape index (κ2) is 2.51. The fourth-order valence-electron chi connectivity index (χ4n) is 1.05. The van der Waals surface area contributed by atoms with Gasteiger partial charge in [-0.3, -0.25) is 4.90 Å². The van der Waals surface area contributed by atoms with Crippen LogP contribution >= 0.6 is 0 Å². The van der Waals surface area contributed by atoms with E-state index in [1.54, 1.807) is 0 Å². The van der Waals surface area contributed by atoms with Crippen molar-refractivity contribution in [3.05, 3.63) is 0 Å². The first-order valence-corrected chi connectivity index (χ1v) is 5.28. The smallest absolute Gasteiger partial charge is 0.164 e. The van der Waals surface area contributed by atoms with Crippen LogP contribution < -0.4 is 0 Å². The molecule has 0 amide bonds. The first-order valence-electron chi connectivity index (χ1n) is 3.46. The van der Waals surface area contributed by atoms with E-state index in [4.69, 9.17) is 0 Å². The van der Waals surface area contributed by atoms with Crippen LogP contribution in [0.4, 0.5) is 0 Å². The molecule has 0 atom stereocenters. The van der Waals surface area contributed by atoms with Crippen molar-refractivity contribution in [2.75, 3.05) is 18.2 Å². The normalized spacial score (nSPS) is 25.9. The van der Waals surface area contributed by atoms with Crippen LogP contribution in [0.1, 0.15) is 13.8 Å². The summed E-state index contributed by atoms with van der Waals surface area (Å²) in [4.78, 5) is 1.97. The average Bonchev–Trinajstić information content (AvgIpc) is 2.10. The Kier molecular flexibility index (Phi) is 2.01. The van der Waals surface area contributed by atoms with Gasteiger partial charge in [0.2, 0.25) is 0 Å². The maximum atomic E-state index is 10.9. The molecule has 3 nitrogen and oxygen atoms in total. The van der Waals surface area contributed by atoms with Crippen LogP contribution in [0.15, 0.2) is 0 Å². The summed E-state index contributed by atoms with van der Waals surface area (Å²) in [6, 6.07) is 0.359. The molecule has 10 heavy (non-hydrogen) atoms. The Hall–Kier alpha value is -0.0900. The average molecular weight is 163 g/mol. The lowest BCUT2D eigenvalue weighted by atomic mass is 10.3. The van der Waals surface area contributed by atoms with Gasteiger partial charge in [-0.25, -0.2) is 8.42 Å². The van der Waals surface area contributed by atoms with Crippen LogP contribution in [-0.4, -0.2) is 37.5 Å². The second-order valence-electron chi connectivity index (χ2n) is 2.98. The van der Waals surface area contributed by atoms with Gasteiger partial charge >= 0.3 is 0 Å². The van der Waals surface area contributed by atoms with E-state index in [9.17, 15) is 8.42 Å². The molecule has 1 rings (SSSR count). The summed E-state index contributed by atoms with van der Waals surface area (Å²) in [7, 11) is -2.71. The Balaban J connectivity index is 2.60. The van der Waals surface area contributed by atoms with Crippen molar-refractivity contribution >= 4 is 9.84 Å². The van der Waals surface area contributed by atoms with Crippen molar-refractivity contribution in [1.82, 2.24) is 4.90 Å². The minimum atomic E-state index is -2.71. The van der Waals surface area contributed by atoms with Crippen LogP contribution in [0.25, 0.3) is 0 Å². The third-order valence-electron chi connectivity index (χ3n) is 1.78. The monoisotopic (exact) mass is 163 g/mol. The highest BCUT2D eigenvalue weighted by atomic mass is 32.2. The zero-order chi connectivity index (χ0) is 7.78. The van der Waals surface area contributed by atoms with Gasteiger partial charge < -0.3 is 0 Å². The van der Waals surface area contributed by atoms with Crippen molar-refractivity contribution in [3.63, 3.8) is 0 Å². The molecule has 1 saturated heterocycles. The zero-order valence-corrected chi connectivity index (χ0v) is 7.19. The molecule has 0 radical (unpaired) electrons. The largest absolute Gasteiger partial charge is 0.286 e. The van der Waals surface area contributed by atoms with E-state index in [0.29, 0.717) is 18.3 Å². The Labute approximate surface area is 61.9 Å². The second-order valence-corrected chi connectivity index (χ2v) is 5.14. The van der Waals surface area contributed by atoms with E-state index in [0.717, 1.165) is 0 Å². The number of hydrogen-bond acceptors (Lipinski definition) is 3. The van der Waals surface area contributed by atoms with Gasteiger partial charge in [0.05, 0.1) is 5.75 Å². The number of rotatable bonds is 1. The first-order chi connectivity index (χ1) is 4.51. The van der Waals surface area contributed by atoms with Gasteiger partial charge in [0.15, 0.2) is 9.84 Å². The number of hydrogen-bond donors (Lipinski definition) is 0. The fourth-order valence-corrected chi connectivity index (χ4v) is 2.62. The van der Waals surface area contributed by atoms with Crippen molar-refractivity contribution in [2.45, 2.75) is 19.9 Å². The molecule has 0 N–H and O–H groups in total. The molecule has 0 bridgehead atoms. The van der Waals surface area contributed by atoms with Crippen LogP contribution in [-0.2, 0) is 9.84 Å². The lowest BCUT2D eigenvalue weighted by Crippen LogP contribution is -2.28. The summed E-state index contributed by atoms with van der Waals surface area (Å²) < 4.78 is 21.8. The molecule has 0 aromatic heterocycles. The Morgan fingerprint density at radius 2 is 2.00 bits per heavy atom. The summed E-state index contributed by atoms with van der Waals surface area (Å²) in [6.45, 7) is 4.74. The van der Waals surface area contributed by atoms with Gasteiger partial charge in [0, 0.05) is 12.6 Å². The van der Waals surface area contributed by atoms with Crippen LogP contribution in [0, 0.1) is 0 Å². The molecular weight excluding hydrogens is 150 g/mol. The molecule has 0 saturated carbocycles. The van der Waals surface area contributed by atoms with Gasteiger partial charge in [-0.1, -0.05) is 0 Å². The molecule has 4 heteroatoms. The van der Waals surface area contributed by atoms with E-state index in [-0.39, 0.29) is 5.88 Å². The van der Waals surface area contributed by atoms with Gasteiger partial charge in [-0.15, -0.1) is 0 Å². The Morgan fingerprint density at radius 1 is 1.40 bits per heavy atom. The summed E-state index contributed by atoms with van der Waals surface area (Å²) in [5.74, 6) is 0.593. The van der Waals surface area contributed by atoms with Crippen LogP contribution in [0.3, 0.4) is 0 Å². The van der Waals surface area contributed by atoms with E-state index in [1.807, 2.05) is 18.7 Å². The maximum absolute atomic E-state index is 10.9. The Bertz CT molecular complexity index is 208. The number of nitrogens with zero attached hydrogens (tertiary/aromatic N) is 1. The summed E-state index contributed by atoms with van der Waals surface area (Å²) in [6.07, 6.45) is 0. The highest BCUT2D eigenvalue weighted by molar-refractivity contribution is 7.91. The summed E-state index contributed by atoms with van der Waals surface area (Å²) >= 11 is 0. The van der Waals surface area contributed by atoms with Crippen molar-refractivity contribution in [3.8, 4) is 0 Å². The first kappa shape index (κ1) is 8.01. The topological polar surface area (TPSA) is 37.4 Å². The minimum Gasteiger partial charge on any atom is -0.286 e. The van der Waals surface area contributed by atoms with Gasteiger partial charge in [0.25, 0.3) is 0 Å². The highest BCUT2D eigenvalue weighted by Gasteiger charge is 2.26. The van der Waals surface area contributed by atoms with Crippen molar-refractivity contribution < 1.29 is 8.42 Å². The molecule has 1 fully saturated rings. The van der Waals surface area contributed by atoms with E-state index in [1.165, 1.54) is 0 Å². The van der Waals surface area contributed by atoms with Crippen molar-refractivity contribution in [2.24, 2.45) is 0 Å². The maximum Gasteiger partial charge on any atom is 0.164 e. The summed E-state index contributed by atoms with van der Waals surface area (Å²) in [5.41, 5.74) is 0. The molecule has 0 unspecified atom stereocenters. The number of sulfone groups is 1. The SMILES string of the molecule is CC(C)N1CCS(=O)(=O)C1. The fraction of sp³-hybridized carbons (Fsp3) is 1.00. The van der Waals surface area contributed by atoms with E-state index >= 15 is 0 Å². The van der Waals surface area contributed by atoms with Gasteiger partial charge in [-0.2, -0.15) is 0 Å². The molecule has 1 heterocycles. The zero-order valence-electron chi connectivity index (χ0n) is 6.37. The lowest BCUT2D eigenvalue weighted by molar-refractivity contribution is 0.289. The predicted molar refractivity (Wildman–Crippen MR) is 40.5 cm³/mol.